The first-order chi connectivity index (χ1) is 28.0. The Kier molecular flexibility index (Phi) is 13.3. The van der Waals surface area contributed by atoms with E-state index in [2.05, 4.69) is 16.0 Å². The molecule has 0 aliphatic carbocycles. The van der Waals surface area contributed by atoms with E-state index < -0.39 is 112 Å². The summed E-state index contributed by atoms with van der Waals surface area (Å²) >= 11 is 1.69. The van der Waals surface area contributed by atoms with Crippen LogP contribution < -0.4 is 16.0 Å². The number of urea groups is 1. The zero-order valence-electron chi connectivity index (χ0n) is 38.2. The Morgan fingerprint density at radius 1 is 0.806 bits per heavy atom. The third kappa shape index (κ3) is 8.06. The van der Waals surface area contributed by atoms with Crippen molar-refractivity contribution in [2.75, 3.05) is 13.2 Å². The van der Waals surface area contributed by atoms with Gasteiger partial charge in [-0.2, -0.15) is 0 Å². The fraction of sp³-hybridized carbons (Fsp3) is 0.927. The number of hydrogen-bond acceptors (Lipinski definition) is 18. The molecule has 1 unspecified atom stereocenters. The van der Waals surface area contributed by atoms with E-state index in [1.807, 2.05) is 0 Å². The molecule has 0 radical (unpaired) electrons. The lowest BCUT2D eigenvalue weighted by atomic mass is 9.61. The number of carbonyl (C=O) groups is 3. The van der Waals surface area contributed by atoms with E-state index in [1.165, 1.54) is 69.2 Å². The molecule has 17 atom stereocenters. The van der Waals surface area contributed by atoms with Gasteiger partial charge in [-0.15, -0.1) is 11.8 Å². The third-order valence-electron chi connectivity index (χ3n) is 14.6. The molecule has 5 aliphatic heterocycles. The average Bonchev–Trinajstić information content (AvgIpc) is 3.68. The predicted octanol–water partition coefficient (Wildman–Crippen LogP) is -0.486. The number of rotatable bonds is 13. The second-order valence-electron chi connectivity index (χ2n) is 20.3. The summed E-state index contributed by atoms with van der Waals surface area (Å²) in [7, 11) is 0. The summed E-state index contributed by atoms with van der Waals surface area (Å²) < 4.78 is 38.0. The SMILES string of the molecule is CC(=O)N[C@H]1[C@@](C)(O[C@@H]2C(C)(C)O[C@](C)(OC(=O)CCCCC3C[C@@H]4NC(=O)N[C@@H]4S3)[C@@H](O)[C@]2(C)O)O[C@](C)(CO)[C@@H](O)[C@]1(C)O[C@]1(C)O[C@](C)(CO)[C@](C)(O)[C@](C)(O)[C@@]1(C)O. The number of unbranched alkanes of at least 4 members (excludes halogenated alkanes) is 1. The zero-order valence-corrected chi connectivity index (χ0v) is 39.0. The molecule has 0 spiro atoms. The quantitative estimate of drug-likeness (QED) is 0.0821. The number of hydrogen-bond donors (Lipinski definition) is 11. The molecule has 21 heteroatoms. The minimum Gasteiger partial charge on any atom is -0.430 e. The van der Waals surface area contributed by atoms with Gasteiger partial charge in [-0.25, -0.2) is 4.79 Å². The first-order valence-corrected chi connectivity index (χ1v) is 22.1. The molecular formula is C41H71N3O17S. The monoisotopic (exact) mass is 909 g/mol. The van der Waals surface area contributed by atoms with E-state index in [4.69, 9.17) is 28.4 Å². The Morgan fingerprint density at radius 3 is 1.97 bits per heavy atom. The van der Waals surface area contributed by atoms with Crippen molar-refractivity contribution in [3.8, 4) is 0 Å². The Balaban J connectivity index is 1.42. The number of aliphatic hydroxyl groups is 8. The van der Waals surface area contributed by atoms with E-state index in [0.29, 0.717) is 18.1 Å². The van der Waals surface area contributed by atoms with E-state index in [1.54, 1.807) is 11.8 Å². The van der Waals surface area contributed by atoms with Crippen LogP contribution in [-0.2, 0) is 38.0 Å². The van der Waals surface area contributed by atoms with Crippen LogP contribution >= 0.6 is 11.8 Å². The number of thioether (sulfide) groups is 1. The number of amides is 3. The van der Waals surface area contributed by atoms with Gasteiger partial charge in [0.1, 0.15) is 63.6 Å². The summed E-state index contributed by atoms with van der Waals surface area (Å²) in [6, 6.07) is -1.77. The van der Waals surface area contributed by atoms with Crippen molar-refractivity contribution in [2.45, 2.75) is 225 Å². The molecule has 5 rings (SSSR count). The van der Waals surface area contributed by atoms with Gasteiger partial charge in [-0.1, -0.05) is 6.42 Å². The second kappa shape index (κ2) is 16.1. The van der Waals surface area contributed by atoms with Crippen molar-refractivity contribution in [1.82, 2.24) is 16.0 Å². The standard InChI is InChI=1S/C41H71N3O17S/c1-21(47)42-26-35(7,61-41(13)40(12,55)39(11,54)38(10,53)33(5,20-46)60-41)27(49)32(4,19-45)59-36(26,8)57-29-31(2,3)58-37(9,28(50)34(29,6)52)56-24(48)17-15-14-16-22-18-23-25(62-22)44-30(51)43-23/h22-23,25-29,45-46,49-50,52-55H,14-20H2,1-13H3,(H,42,47)(H2,43,44,51)/t22?,23-,25+,26+,27+,28-,29+,32+,33+,34-,35+,36-,37-,38-,39-,40+,41-/m0/s1. The molecule has 20 nitrogen and oxygen atoms in total. The predicted molar refractivity (Wildman–Crippen MR) is 220 cm³/mol. The Labute approximate surface area is 367 Å². The fourth-order valence-electron chi connectivity index (χ4n) is 10.5. The van der Waals surface area contributed by atoms with Crippen molar-refractivity contribution >= 4 is 29.7 Å². The molecule has 0 saturated carbocycles. The number of fused-ring (bicyclic) bond motifs is 1. The molecule has 0 aromatic carbocycles. The summed E-state index contributed by atoms with van der Waals surface area (Å²) in [4.78, 5) is 37.9. The number of ether oxygens (including phenoxy) is 6. The normalized spacial score (nSPS) is 51.2. The lowest BCUT2D eigenvalue weighted by molar-refractivity contribution is -0.494. The first kappa shape index (κ1) is 51.0. The largest absolute Gasteiger partial charge is 0.430 e. The van der Waals surface area contributed by atoms with Gasteiger partial charge >= 0.3 is 12.0 Å². The van der Waals surface area contributed by atoms with Crippen LogP contribution in [-0.4, -0.2) is 175 Å². The highest BCUT2D eigenvalue weighted by molar-refractivity contribution is 8.00. The van der Waals surface area contributed by atoms with Gasteiger partial charge in [0.05, 0.1) is 30.2 Å². The van der Waals surface area contributed by atoms with Crippen molar-refractivity contribution in [3.05, 3.63) is 0 Å². The highest BCUT2D eigenvalue weighted by Gasteiger charge is 2.78. The number of nitrogens with one attached hydrogen (secondary N) is 3. The van der Waals surface area contributed by atoms with Crippen LogP contribution in [0.2, 0.25) is 0 Å². The van der Waals surface area contributed by atoms with Gasteiger partial charge in [0.2, 0.25) is 11.7 Å². The highest BCUT2D eigenvalue weighted by Crippen LogP contribution is 2.57. The summed E-state index contributed by atoms with van der Waals surface area (Å²) in [6.07, 6.45) is -2.71. The summed E-state index contributed by atoms with van der Waals surface area (Å²) in [5.41, 5.74) is -17.7. The van der Waals surface area contributed by atoms with Gasteiger partial charge in [-0.05, 0) is 95.4 Å². The molecule has 3 amide bonds. The Hall–Kier alpha value is -1.96. The summed E-state index contributed by atoms with van der Waals surface area (Å²) in [5, 5.41) is 102. The molecule has 62 heavy (non-hydrogen) atoms. The molecule has 11 N–H and O–H groups in total. The number of carbonyl (C=O) groups excluding carboxylic acids is 3. The van der Waals surface area contributed by atoms with Crippen molar-refractivity contribution < 1.29 is 83.7 Å². The minimum atomic E-state index is -2.56. The first-order valence-electron chi connectivity index (χ1n) is 21.2. The zero-order chi connectivity index (χ0) is 47.3. The van der Waals surface area contributed by atoms with Gasteiger partial charge in [0.15, 0.2) is 11.6 Å². The molecule has 5 saturated heterocycles. The van der Waals surface area contributed by atoms with E-state index in [0.717, 1.165) is 33.6 Å². The molecule has 0 aromatic heterocycles. The van der Waals surface area contributed by atoms with Crippen molar-refractivity contribution in [2.24, 2.45) is 0 Å². The van der Waals surface area contributed by atoms with Gasteiger partial charge in [0, 0.05) is 25.5 Å². The van der Waals surface area contributed by atoms with Crippen LogP contribution in [0.5, 0.6) is 0 Å². The molecule has 0 aromatic rings. The molecule has 358 valence electrons. The van der Waals surface area contributed by atoms with E-state index in [-0.39, 0.29) is 23.9 Å². The maximum absolute atomic E-state index is 13.3. The van der Waals surface area contributed by atoms with Gasteiger partial charge in [-0.3, -0.25) is 9.59 Å². The highest BCUT2D eigenvalue weighted by atomic mass is 32.2. The van der Waals surface area contributed by atoms with Crippen LogP contribution in [0.15, 0.2) is 0 Å². The lowest BCUT2D eigenvalue weighted by Gasteiger charge is -2.68. The molecule has 5 fully saturated rings. The topological polar surface area (TPSA) is 305 Å². The Morgan fingerprint density at radius 2 is 1.42 bits per heavy atom. The molecule has 0 bridgehead atoms. The van der Waals surface area contributed by atoms with Crippen LogP contribution in [0.25, 0.3) is 0 Å². The molecule has 5 aliphatic rings. The molecule has 5 heterocycles. The lowest BCUT2D eigenvalue weighted by Crippen LogP contribution is -2.87. The summed E-state index contributed by atoms with van der Waals surface area (Å²) in [5.74, 6) is -8.23. The van der Waals surface area contributed by atoms with Crippen LogP contribution in [0.3, 0.4) is 0 Å². The average molecular weight is 910 g/mol. The van der Waals surface area contributed by atoms with Crippen LogP contribution in [0.1, 0.15) is 122 Å². The maximum atomic E-state index is 13.3. The fourth-order valence-corrected chi connectivity index (χ4v) is 12.1. The second-order valence-corrected chi connectivity index (χ2v) is 21.7. The van der Waals surface area contributed by atoms with Crippen LogP contribution in [0.4, 0.5) is 4.79 Å². The minimum absolute atomic E-state index is 0.0156. The molecular weight excluding hydrogens is 839 g/mol. The van der Waals surface area contributed by atoms with Crippen molar-refractivity contribution in [3.63, 3.8) is 0 Å². The van der Waals surface area contributed by atoms with Crippen molar-refractivity contribution in [1.29, 1.82) is 0 Å². The van der Waals surface area contributed by atoms with Gasteiger partial charge < -0.3 is 85.2 Å². The summed E-state index contributed by atoms with van der Waals surface area (Å²) in [6.45, 7) is 14.7. The van der Waals surface area contributed by atoms with Crippen LogP contribution in [0, 0.1) is 0 Å². The number of esters is 1. The third-order valence-corrected chi connectivity index (χ3v) is 16.1. The maximum Gasteiger partial charge on any atom is 0.316 e. The smallest absolute Gasteiger partial charge is 0.316 e. The van der Waals surface area contributed by atoms with E-state index in [9.17, 15) is 55.2 Å². The van der Waals surface area contributed by atoms with E-state index >= 15 is 0 Å². The Bertz CT molecular complexity index is 1720. The van der Waals surface area contributed by atoms with Gasteiger partial charge in [0.25, 0.3) is 0 Å². The number of aliphatic hydroxyl groups excluding tert-OH is 4.